The van der Waals surface area contributed by atoms with Crippen LogP contribution in [0.1, 0.15) is 28.4 Å². The van der Waals surface area contributed by atoms with Crippen LogP contribution < -0.4 is 15.4 Å². The number of nitrogens with zero attached hydrogens (tertiary/aromatic N) is 2. The van der Waals surface area contributed by atoms with Crippen LogP contribution in [-0.4, -0.2) is 21.6 Å². The molecule has 0 radical (unpaired) electrons. The third-order valence-electron chi connectivity index (χ3n) is 4.84. The summed E-state index contributed by atoms with van der Waals surface area (Å²) >= 11 is 0. The molecule has 0 saturated heterocycles. The van der Waals surface area contributed by atoms with Crippen LogP contribution in [0, 0.1) is 0 Å². The fourth-order valence-electron chi connectivity index (χ4n) is 3.28. The van der Waals surface area contributed by atoms with Crippen molar-refractivity contribution in [2.24, 2.45) is 0 Å². The number of amides is 2. The van der Waals surface area contributed by atoms with Gasteiger partial charge in [0.25, 0.3) is 5.91 Å². The normalized spacial score (nSPS) is 10.5. The molecule has 4 aromatic rings. The highest BCUT2D eigenvalue weighted by molar-refractivity contribution is 6.05. The first-order chi connectivity index (χ1) is 16.1. The molecule has 0 bridgehead atoms. The monoisotopic (exact) mass is 440 g/mol. The van der Waals surface area contributed by atoms with E-state index in [1.165, 1.54) is 6.92 Å². The van der Waals surface area contributed by atoms with E-state index in [0.717, 1.165) is 11.1 Å². The minimum absolute atomic E-state index is 0.155. The van der Waals surface area contributed by atoms with Crippen LogP contribution in [-0.2, 0) is 17.9 Å². The number of rotatable bonds is 8. The lowest BCUT2D eigenvalue weighted by atomic mass is 10.2. The Hall–Kier alpha value is -4.39. The average Bonchev–Trinajstić information content (AvgIpc) is 3.23. The number of benzene rings is 3. The van der Waals surface area contributed by atoms with Gasteiger partial charge >= 0.3 is 0 Å². The molecule has 7 nitrogen and oxygen atoms in total. The lowest BCUT2D eigenvalue weighted by Crippen LogP contribution is -2.13. The number of aromatic nitrogens is 2. The average molecular weight is 441 g/mol. The van der Waals surface area contributed by atoms with Crippen molar-refractivity contribution in [3.63, 3.8) is 0 Å². The summed E-state index contributed by atoms with van der Waals surface area (Å²) in [7, 11) is 0. The molecule has 2 amide bonds. The van der Waals surface area contributed by atoms with E-state index in [1.54, 1.807) is 35.1 Å². The third kappa shape index (κ3) is 6.07. The number of anilines is 2. The fourth-order valence-corrected chi connectivity index (χ4v) is 3.28. The van der Waals surface area contributed by atoms with Crippen LogP contribution in [0.25, 0.3) is 0 Å². The first-order valence-corrected chi connectivity index (χ1v) is 10.5. The molecule has 0 fully saturated rings. The molecule has 0 saturated carbocycles. The Morgan fingerprint density at radius 2 is 1.39 bits per heavy atom. The molecule has 1 heterocycles. The van der Waals surface area contributed by atoms with Crippen molar-refractivity contribution in [1.82, 2.24) is 9.78 Å². The van der Waals surface area contributed by atoms with Gasteiger partial charge in [-0.3, -0.25) is 14.3 Å². The van der Waals surface area contributed by atoms with E-state index in [1.807, 2.05) is 60.7 Å². The lowest BCUT2D eigenvalue weighted by Gasteiger charge is -2.08. The highest BCUT2D eigenvalue weighted by Gasteiger charge is 2.19. The van der Waals surface area contributed by atoms with E-state index < -0.39 is 0 Å². The van der Waals surface area contributed by atoms with E-state index in [2.05, 4.69) is 15.7 Å². The highest BCUT2D eigenvalue weighted by Crippen LogP contribution is 2.21. The van der Waals surface area contributed by atoms with Gasteiger partial charge in [-0.05, 0) is 35.4 Å². The summed E-state index contributed by atoms with van der Waals surface area (Å²) in [5.41, 5.74) is 3.64. The Morgan fingerprint density at radius 3 is 2.00 bits per heavy atom. The molecule has 3 aromatic carbocycles. The second-order valence-electron chi connectivity index (χ2n) is 7.52. The lowest BCUT2D eigenvalue weighted by molar-refractivity contribution is -0.114. The smallest absolute Gasteiger partial charge is 0.262 e. The van der Waals surface area contributed by atoms with Gasteiger partial charge in [0.1, 0.15) is 12.2 Å². The van der Waals surface area contributed by atoms with E-state index in [9.17, 15) is 9.59 Å². The van der Waals surface area contributed by atoms with Gasteiger partial charge in [-0.15, -0.1) is 5.10 Å². The van der Waals surface area contributed by atoms with Crippen molar-refractivity contribution in [1.29, 1.82) is 0 Å². The summed E-state index contributed by atoms with van der Waals surface area (Å²) in [5, 5.41) is 10.1. The number of nitrogens with one attached hydrogen (secondary N) is 2. The van der Waals surface area contributed by atoms with Crippen LogP contribution in [0.5, 0.6) is 5.88 Å². The van der Waals surface area contributed by atoms with Gasteiger partial charge in [-0.2, -0.15) is 0 Å². The second-order valence-corrected chi connectivity index (χ2v) is 7.52. The fraction of sp³-hybridized carbons (Fsp3) is 0.115. The summed E-state index contributed by atoms with van der Waals surface area (Å²) in [4.78, 5) is 24.3. The van der Waals surface area contributed by atoms with Gasteiger partial charge in [0.05, 0.1) is 6.54 Å². The molecule has 0 aliphatic carbocycles. The van der Waals surface area contributed by atoms with Crippen LogP contribution in [0.3, 0.4) is 0 Å². The van der Waals surface area contributed by atoms with Gasteiger partial charge in [0, 0.05) is 24.5 Å². The number of ether oxygens (including phenoxy) is 1. The predicted octanol–water partition coefficient (Wildman–Crippen LogP) is 4.72. The van der Waals surface area contributed by atoms with Crippen LogP contribution in [0.4, 0.5) is 11.4 Å². The molecule has 33 heavy (non-hydrogen) atoms. The molecular formula is C26H24N4O3. The molecule has 7 heteroatoms. The Balaban J connectivity index is 1.53. The quantitative estimate of drug-likeness (QED) is 0.415. The molecule has 1 aromatic heterocycles. The topological polar surface area (TPSA) is 85.3 Å². The Morgan fingerprint density at radius 1 is 0.818 bits per heavy atom. The summed E-state index contributed by atoms with van der Waals surface area (Å²) in [5.74, 6) is -0.218. The molecule has 0 aliphatic heterocycles. The summed E-state index contributed by atoms with van der Waals surface area (Å²) in [6, 6.07) is 26.5. The van der Waals surface area contributed by atoms with Crippen LogP contribution >= 0.6 is 0 Å². The maximum atomic E-state index is 13.1. The summed E-state index contributed by atoms with van der Waals surface area (Å²) in [6.45, 7) is 2.26. The van der Waals surface area contributed by atoms with E-state index in [0.29, 0.717) is 30.1 Å². The first kappa shape index (κ1) is 21.8. The van der Waals surface area contributed by atoms with Gasteiger partial charge < -0.3 is 15.4 Å². The predicted molar refractivity (Wildman–Crippen MR) is 127 cm³/mol. The molecule has 0 atom stereocenters. The Kier molecular flexibility index (Phi) is 6.80. The number of carbonyl (C=O) groups is 2. The number of hydrogen-bond donors (Lipinski definition) is 2. The van der Waals surface area contributed by atoms with Crippen molar-refractivity contribution in [3.05, 3.63) is 108 Å². The minimum atomic E-state index is -0.329. The Bertz CT molecular complexity index is 1220. The van der Waals surface area contributed by atoms with Crippen molar-refractivity contribution in [3.8, 4) is 5.88 Å². The van der Waals surface area contributed by atoms with Crippen molar-refractivity contribution in [2.75, 3.05) is 10.6 Å². The Labute approximate surface area is 192 Å². The standard InChI is InChI=1S/C26H24N4O3/c1-19(31)27-22-12-14-23(15-13-22)28-25(32)24-17-30(16-20-8-4-2-5-9-20)29-26(24)33-18-21-10-6-3-7-11-21/h2-15,17H,16,18H2,1H3,(H,27,31)(H,28,32). The zero-order valence-corrected chi connectivity index (χ0v) is 18.2. The molecule has 4 rings (SSSR count). The van der Waals surface area contributed by atoms with Crippen molar-refractivity contribution < 1.29 is 14.3 Å². The summed E-state index contributed by atoms with van der Waals surface area (Å²) in [6.07, 6.45) is 1.69. The van der Waals surface area contributed by atoms with Crippen molar-refractivity contribution in [2.45, 2.75) is 20.1 Å². The largest absolute Gasteiger partial charge is 0.471 e. The van der Waals surface area contributed by atoms with E-state index in [-0.39, 0.29) is 17.7 Å². The molecular weight excluding hydrogens is 416 g/mol. The molecule has 0 spiro atoms. The molecule has 0 unspecified atom stereocenters. The SMILES string of the molecule is CC(=O)Nc1ccc(NC(=O)c2cn(Cc3ccccc3)nc2OCc2ccccc2)cc1. The zero-order valence-electron chi connectivity index (χ0n) is 18.2. The van der Waals surface area contributed by atoms with E-state index in [4.69, 9.17) is 4.74 Å². The molecule has 0 aliphatic rings. The minimum Gasteiger partial charge on any atom is -0.471 e. The number of carbonyl (C=O) groups excluding carboxylic acids is 2. The van der Waals surface area contributed by atoms with Gasteiger partial charge in [-0.1, -0.05) is 60.7 Å². The number of hydrogen-bond acceptors (Lipinski definition) is 4. The second kappa shape index (κ2) is 10.3. The molecule has 166 valence electrons. The van der Waals surface area contributed by atoms with Gasteiger partial charge in [0.15, 0.2) is 0 Å². The maximum absolute atomic E-state index is 13.1. The first-order valence-electron chi connectivity index (χ1n) is 10.5. The van der Waals surface area contributed by atoms with Crippen molar-refractivity contribution >= 4 is 23.2 Å². The van der Waals surface area contributed by atoms with Crippen LogP contribution in [0.2, 0.25) is 0 Å². The highest BCUT2D eigenvalue weighted by atomic mass is 16.5. The zero-order chi connectivity index (χ0) is 23.0. The third-order valence-corrected chi connectivity index (χ3v) is 4.84. The van der Waals surface area contributed by atoms with Crippen LogP contribution in [0.15, 0.2) is 91.1 Å². The van der Waals surface area contributed by atoms with Gasteiger partial charge in [0.2, 0.25) is 11.8 Å². The maximum Gasteiger partial charge on any atom is 0.262 e. The van der Waals surface area contributed by atoms with Gasteiger partial charge in [-0.25, -0.2) is 0 Å². The molecule has 2 N–H and O–H groups in total. The summed E-state index contributed by atoms with van der Waals surface area (Å²) < 4.78 is 7.62. The van der Waals surface area contributed by atoms with E-state index >= 15 is 0 Å².